The second-order valence-electron chi connectivity index (χ2n) is 1.99. The molecule has 0 unspecified atom stereocenters. The van der Waals surface area contributed by atoms with Crippen LogP contribution in [0.5, 0.6) is 0 Å². The van der Waals surface area contributed by atoms with Crippen LogP contribution in [0, 0.1) is 0 Å². The third-order valence-electron chi connectivity index (χ3n) is 0.616. The summed E-state index contributed by atoms with van der Waals surface area (Å²) in [6, 6.07) is 0. The monoisotopic (exact) mass is 180 g/mol. The van der Waals surface area contributed by atoms with E-state index >= 15 is 0 Å². The van der Waals surface area contributed by atoms with E-state index in [1.54, 1.807) is 0 Å². The van der Waals surface area contributed by atoms with Crippen molar-refractivity contribution in [3.8, 4) is 0 Å². The number of rotatable bonds is 3. The maximum absolute atomic E-state index is 9.00. The molecule has 8 nitrogen and oxygen atoms in total. The molecule has 8 heteroatoms. The lowest BCUT2D eigenvalue weighted by atomic mass is 10.6. The molecular weight excluding hydrogens is 164 g/mol. The van der Waals surface area contributed by atoms with E-state index < -0.39 is 5.97 Å². The summed E-state index contributed by atoms with van der Waals surface area (Å²) < 4.78 is 0. The Bertz CT molecular complexity index is 104. The van der Waals surface area contributed by atoms with E-state index in [1.165, 1.54) is 0 Å². The van der Waals surface area contributed by atoms with Crippen LogP contribution >= 0.6 is 0 Å². The summed E-state index contributed by atoms with van der Waals surface area (Å²) in [5, 5.41) is 9.46. The molecule has 0 saturated carbocycles. The topological polar surface area (TPSA) is 148 Å². The number of aliphatic carboxylic acids is 1. The molecule has 0 atom stereocenters. The molecule has 0 aliphatic rings. The molecule has 74 valence electrons. The summed E-state index contributed by atoms with van der Waals surface area (Å²) in [6.07, 6.45) is 0. The van der Waals surface area contributed by atoms with Crippen LogP contribution in [0.25, 0.3) is 0 Å². The summed E-state index contributed by atoms with van der Waals surface area (Å²) in [5.74, 6) is 19.2. The molecule has 0 spiro atoms. The first kappa shape index (κ1) is 13.8. The second kappa shape index (κ2) is 8.33. The predicted octanol–water partition coefficient (Wildman–Crippen LogP) is -2.82. The fraction of sp³-hybridized carbons (Fsp3) is 0.750. The highest BCUT2D eigenvalue weighted by Gasteiger charge is 1.91. The molecule has 0 fully saturated rings. The van der Waals surface area contributed by atoms with Crippen molar-refractivity contribution in [2.75, 3.05) is 13.1 Å². The van der Waals surface area contributed by atoms with Gasteiger partial charge in [-0.25, -0.2) is 0 Å². The third kappa shape index (κ3) is 34.9. The van der Waals surface area contributed by atoms with Gasteiger partial charge in [0.25, 0.3) is 5.97 Å². The average molecular weight is 180 g/mol. The number of carboxylic acid groups (broad SMARTS) is 1. The Hall–Kier alpha value is -0.770. The largest absolute Gasteiger partial charge is 0.481 e. The summed E-state index contributed by atoms with van der Waals surface area (Å²) in [6.45, 7) is 1.99. The van der Waals surface area contributed by atoms with E-state index in [-0.39, 0.29) is 0 Å². The minimum absolute atomic E-state index is 0.451. The molecule has 12 heavy (non-hydrogen) atoms. The van der Waals surface area contributed by atoms with Crippen LogP contribution in [0.15, 0.2) is 0 Å². The average Bonchev–Trinajstić information content (AvgIpc) is 1.82. The van der Waals surface area contributed by atoms with Crippen molar-refractivity contribution in [3.05, 3.63) is 0 Å². The highest BCUT2D eigenvalue weighted by Crippen LogP contribution is 1.64. The highest BCUT2D eigenvalue weighted by atomic mass is 16.4. The first-order valence-corrected chi connectivity index (χ1v) is 3.09. The lowest BCUT2D eigenvalue weighted by molar-refractivity contribution is -0.134. The lowest BCUT2D eigenvalue weighted by Crippen LogP contribution is -2.48. The maximum atomic E-state index is 9.00. The zero-order valence-corrected chi connectivity index (χ0v) is 6.97. The van der Waals surface area contributed by atoms with Crippen LogP contribution in [0.4, 0.5) is 0 Å². The van der Waals surface area contributed by atoms with Gasteiger partial charge in [0.1, 0.15) is 0 Å². The smallest absolute Gasteiger partial charge is 0.300 e. The first-order chi connectivity index (χ1) is 5.36. The number of carboxylic acids is 1. The van der Waals surface area contributed by atoms with Crippen LogP contribution in [0.3, 0.4) is 0 Å². The highest BCUT2D eigenvalue weighted by molar-refractivity contribution is 5.62. The normalized spacial score (nSPS) is 9.58. The number of nitrogens with zero attached hydrogens (tertiary/aromatic N) is 2. The molecule has 0 radical (unpaired) electrons. The fourth-order valence-electron chi connectivity index (χ4n) is 0.231. The molecule has 0 amide bonds. The van der Waals surface area contributed by atoms with Crippen molar-refractivity contribution in [3.63, 3.8) is 0 Å². The van der Waals surface area contributed by atoms with Crippen molar-refractivity contribution in [1.29, 1.82) is 0 Å². The van der Waals surface area contributed by atoms with E-state index in [1.807, 2.05) is 0 Å². The van der Waals surface area contributed by atoms with Gasteiger partial charge in [-0.1, -0.05) is 0 Å². The number of hydrogen-bond acceptors (Lipinski definition) is 7. The Labute approximate surface area is 70.6 Å². The SMILES string of the molecule is CC(=O)O.NN(N)CCN(N)N. The van der Waals surface area contributed by atoms with Gasteiger partial charge in [-0.3, -0.25) is 28.2 Å². The van der Waals surface area contributed by atoms with Crippen molar-refractivity contribution in [2.45, 2.75) is 6.92 Å². The van der Waals surface area contributed by atoms with Gasteiger partial charge in [0.2, 0.25) is 0 Å². The van der Waals surface area contributed by atoms with Gasteiger partial charge < -0.3 is 5.11 Å². The van der Waals surface area contributed by atoms with Gasteiger partial charge in [0.15, 0.2) is 0 Å². The zero-order valence-electron chi connectivity index (χ0n) is 6.97. The number of nitrogens with two attached hydrogens (primary N) is 4. The van der Waals surface area contributed by atoms with Crippen LogP contribution in [0.2, 0.25) is 0 Å². The number of hydrogen-bond donors (Lipinski definition) is 5. The molecule has 0 aliphatic heterocycles. The summed E-state index contributed by atoms with van der Waals surface area (Å²) in [7, 11) is 0. The third-order valence-corrected chi connectivity index (χ3v) is 0.616. The summed E-state index contributed by atoms with van der Waals surface area (Å²) in [5.41, 5.74) is 0. The molecule has 0 aromatic carbocycles. The van der Waals surface area contributed by atoms with E-state index in [4.69, 9.17) is 33.3 Å². The molecule has 0 bridgehead atoms. The van der Waals surface area contributed by atoms with Crippen LogP contribution in [-0.4, -0.2) is 34.4 Å². The molecule has 0 saturated heterocycles. The molecule has 0 rings (SSSR count). The fourth-order valence-corrected chi connectivity index (χ4v) is 0.231. The van der Waals surface area contributed by atoms with Gasteiger partial charge >= 0.3 is 0 Å². The van der Waals surface area contributed by atoms with Gasteiger partial charge in [-0.2, -0.15) is 10.2 Å². The zero-order chi connectivity index (χ0) is 10.1. The molecule has 0 heterocycles. The quantitative estimate of drug-likeness (QED) is 0.230. The molecule has 0 aromatic heterocycles. The Morgan fingerprint density at radius 3 is 1.42 bits per heavy atom. The molecular formula is C4H16N6O2. The summed E-state index contributed by atoms with van der Waals surface area (Å²) >= 11 is 0. The minimum Gasteiger partial charge on any atom is -0.481 e. The van der Waals surface area contributed by atoms with E-state index in [2.05, 4.69) is 0 Å². The molecule has 0 aromatic rings. The van der Waals surface area contributed by atoms with Crippen molar-refractivity contribution in [2.24, 2.45) is 23.4 Å². The standard InChI is InChI=1S/C2H12N6.C2H4O2/c3-7(4)1-2-8(5)6;1-2(3)4/h1-6H2;1H3,(H,3,4). The predicted molar refractivity (Wildman–Crippen MR) is 43.5 cm³/mol. The van der Waals surface area contributed by atoms with E-state index in [0.717, 1.165) is 17.2 Å². The molecule has 0 aliphatic carbocycles. The van der Waals surface area contributed by atoms with E-state index in [0.29, 0.717) is 13.1 Å². The maximum Gasteiger partial charge on any atom is 0.300 e. The van der Waals surface area contributed by atoms with Crippen LogP contribution in [-0.2, 0) is 4.79 Å². The first-order valence-electron chi connectivity index (χ1n) is 3.09. The Morgan fingerprint density at radius 1 is 1.17 bits per heavy atom. The van der Waals surface area contributed by atoms with Gasteiger partial charge in [0.05, 0.1) is 0 Å². The van der Waals surface area contributed by atoms with Gasteiger partial charge in [0, 0.05) is 20.0 Å². The molecule has 9 N–H and O–H groups in total. The van der Waals surface area contributed by atoms with Gasteiger partial charge in [-0.15, -0.1) is 0 Å². The Kier molecular flexibility index (Phi) is 9.57. The van der Waals surface area contributed by atoms with Crippen LogP contribution < -0.4 is 23.4 Å². The van der Waals surface area contributed by atoms with Crippen LogP contribution in [0.1, 0.15) is 6.92 Å². The van der Waals surface area contributed by atoms with E-state index in [9.17, 15) is 0 Å². The van der Waals surface area contributed by atoms with Gasteiger partial charge in [-0.05, 0) is 0 Å². The lowest BCUT2D eigenvalue weighted by Gasteiger charge is -2.12. The summed E-state index contributed by atoms with van der Waals surface area (Å²) in [4.78, 5) is 9.00. The number of hydrazine groups is 4. The Morgan fingerprint density at radius 2 is 1.33 bits per heavy atom. The Balaban J connectivity index is 0. The van der Waals surface area contributed by atoms with Crippen molar-refractivity contribution < 1.29 is 9.90 Å². The van der Waals surface area contributed by atoms with Crippen molar-refractivity contribution >= 4 is 5.97 Å². The van der Waals surface area contributed by atoms with Crippen molar-refractivity contribution in [1.82, 2.24) is 10.2 Å². The minimum atomic E-state index is -0.833. The second-order valence-corrected chi connectivity index (χ2v) is 1.99. The number of carbonyl (C=O) groups is 1.